The quantitative estimate of drug-likeness (QED) is 0.600. The van der Waals surface area contributed by atoms with E-state index in [0.717, 1.165) is 30.3 Å². The first-order chi connectivity index (χ1) is 14.2. The summed E-state index contributed by atoms with van der Waals surface area (Å²) >= 11 is 0. The van der Waals surface area contributed by atoms with Gasteiger partial charge < -0.3 is 4.90 Å². The van der Waals surface area contributed by atoms with E-state index < -0.39 is 33.5 Å². The summed E-state index contributed by atoms with van der Waals surface area (Å²) in [6, 6.07) is 9.41. The van der Waals surface area contributed by atoms with Crippen LogP contribution >= 0.6 is 0 Å². The normalized spacial score (nSPS) is 13.0. The van der Waals surface area contributed by atoms with E-state index in [1.165, 1.54) is 29.3 Å². The van der Waals surface area contributed by atoms with E-state index in [2.05, 4.69) is 4.98 Å². The lowest BCUT2D eigenvalue weighted by molar-refractivity contribution is 0.0822. The van der Waals surface area contributed by atoms with Gasteiger partial charge in [-0.2, -0.15) is 0 Å². The van der Waals surface area contributed by atoms with Crippen LogP contribution in [0.4, 0.5) is 13.2 Å². The predicted molar refractivity (Wildman–Crippen MR) is 108 cm³/mol. The van der Waals surface area contributed by atoms with Crippen molar-refractivity contribution in [1.29, 1.82) is 0 Å². The Labute approximate surface area is 174 Å². The fourth-order valence-electron chi connectivity index (χ4n) is 3.01. The molecule has 8 heteroatoms. The Morgan fingerprint density at radius 3 is 2.20 bits per heavy atom. The fraction of sp³-hybridized carbons (Fsp3) is 0.182. The van der Waals surface area contributed by atoms with E-state index in [9.17, 15) is 22.2 Å². The number of aromatic nitrogens is 1. The van der Waals surface area contributed by atoms with E-state index in [-0.39, 0.29) is 22.1 Å². The maximum absolute atomic E-state index is 14.6. The van der Waals surface area contributed by atoms with Gasteiger partial charge in [-0.25, -0.2) is 13.2 Å². The zero-order valence-corrected chi connectivity index (χ0v) is 17.3. The summed E-state index contributed by atoms with van der Waals surface area (Å²) < 4.78 is 55.3. The molecular weight excluding hydrogens is 413 g/mol. The average Bonchev–Trinajstić information content (AvgIpc) is 2.71. The van der Waals surface area contributed by atoms with Crippen molar-refractivity contribution < 1.29 is 22.2 Å². The van der Waals surface area contributed by atoms with Crippen molar-refractivity contribution in [1.82, 2.24) is 9.88 Å². The minimum Gasteiger partial charge on any atom is -0.343 e. The van der Waals surface area contributed by atoms with Crippen LogP contribution in [0.25, 0.3) is 0 Å². The molecule has 156 valence electrons. The van der Waals surface area contributed by atoms with Gasteiger partial charge in [-0.15, -0.1) is 0 Å². The Balaban J connectivity index is 2.17. The van der Waals surface area contributed by atoms with Crippen LogP contribution in [-0.4, -0.2) is 34.1 Å². The number of amides is 1. The number of carbonyl (C=O) groups excluding carboxylic acids is 1. The van der Waals surface area contributed by atoms with Crippen LogP contribution in [-0.2, 0) is 10.8 Å². The third-order valence-corrected chi connectivity index (χ3v) is 6.23. The zero-order chi connectivity index (χ0) is 22.0. The van der Waals surface area contributed by atoms with Gasteiger partial charge in [-0.05, 0) is 66.6 Å². The van der Waals surface area contributed by atoms with Crippen LogP contribution in [0.1, 0.15) is 32.4 Å². The molecule has 1 amide bonds. The van der Waals surface area contributed by atoms with Crippen LogP contribution < -0.4 is 0 Å². The SMILES string of the molecule is Cc1cc(C(=O)N(C)C)ncc1C(c1cc(F)ccc1F)S(=O)c1ccc(F)cc1. The van der Waals surface area contributed by atoms with Crippen LogP contribution in [0.3, 0.4) is 0 Å². The van der Waals surface area contributed by atoms with Gasteiger partial charge in [0.25, 0.3) is 5.91 Å². The first-order valence-corrected chi connectivity index (χ1v) is 10.2. The smallest absolute Gasteiger partial charge is 0.271 e. The average molecular weight is 432 g/mol. The van der Waals surface area contributed by atoms with Crippen molar-refractivity contribution in [2.24, 2.45) is 0 Å². The van der Waals surface area contributed by atoms with Gasteiger partial charge in [-0.1, -0.05) is 0 Å². The Hall–Kier alpha value is -3.00. The molecule has 3 rings (SSSR count). The van der Waals surface area contributed by atoms with Gasteiger partial charge in [-0.3, -0.25) is 14.0 Å². The van der Waals surface area contributed by atoms with Crippen molar-refractivity contribution in [3.8, 4) is 0 Å². The minimum atomic E-state index is -1.90. The third-order valence-electron chi connectivity index (χ3n) is 4.56. The molecule has 4 nitrogen and oxygen atoms in total. The second kappa shape index (κ2) is 8.79. The third kappa shape index (κ3) is 4.43. The van der Waals surface area contributed by atoms with E-state index in [1.54, 1.807) is 21.0 Å². The van der Waals surface area contributed by atoms with Crippen LogP contribution in [0.2, 0.25) is 0 Å². The standard InChI is InChI=1S/C22H19F3N2O2S/c1-13-10-20(22(28)27(2)3)26-12-18(13)21(17-11-15(24)6-9-19(17)25)30(29)16-7-4-14(23)5-8-16/h4-12,21H,1-3H3. The molecule has 0 N–H and O–H groups in total. The Bertz CT molecular complexity index is 1120. The van der Waals surface area contributed by atoms with Crippen LogP contribution in [0.5, 0.6) is 0 Å². The second-order valence-corrected chi connectivity index (χ2v) is 8.46. The molecule has 0 aliphatic heterocycles. The van der Waals surface area contributed by atoms with Crippen molar-refractivity contribution in [3.05, 3.63) is 94.6 Å². The van der Waals surface area contributed by atoms with Crippen molar-refractivity contribution >= 4 is 16.7 Å². The highest BCUT2D eigenvalue weighted by Crippen LogP contribution is 2.35. The lowest BCUT2D eigenvalue weighted by Crippen LogP contribution is -2.23. The first-order valence-electron chi connectivity index (χ1n) is 8.98. The molecular formula is C22H19F3N2O2S. The van der Waals surface area contributed by atoms with E-state index in [1.807, 2.05) is 0 Å². The van der Waals surface area contributed by atoms with Gasteiger partial charge in [0.15, 0.2) is 0 Å². The van der Waals surface area contributed by atoms with E-state index >= 15 is 0 Å². The monoisotopic (exact) mass is 432 g/mol. The molecule has 3 aromatic rings. The summed E-state index contributed by atoms with van der Waals surface area (Å²) in [6.07, 6.45) is 1.35. The number of pyridine rings is 1. The van der Waals surface area contributed by atoms with Gasteiger partial charge in [0.05, 0.1) is 16.0 Å². The number of hydrogen-bond acceptors (Lipinski definition) is 3. The summed E-state index contributed by atoms with van der Waals surface area (Å²) in [6.45, 7) is 1.68. The summed E-state index contributed by atoms with van der Waals surface area (Å²) in [7, 11) is 1.28. The molecule has 0 saturated carbocycles. The lowest BCUT2D eigenvalue weighted by atomic mass is 10.0. The topological polar surface area (TPSA) is 50.3 Å². The van der Waals surface area contributed by atoms with Crippen molar-refractivity contribution in [2.75, 3.05) is 14.1 Å². The number of benzene rings is 2. The van der Waals surface area contributed by atoms with Crippen LogP contribution in [0.15, 0.2) is 59.6 Å². The molecule has 0 aliphatic rings. The number of rotatable bonds is 5. The molecule has 30 heavy (non-hydrogen) atoms. The zero-order valence-electron chi connectivity index (χ0n) is 16.5. The molecule has 0 saturated heterocycles. The molecule has 2 unspecified atom stereocenters. The van der Waals surface area contributed by atoms with Gasteiger partial charge in [0.2, 0.25) is 0 Å². The molecule has 1 heterocycles. The second-order valence-electron chi connectivity index (χ2n) is 6.92. The Morgan fingerprint density at radius 2 is 1.60 bits per heavy atom. The maximum atomic E-state index is 14.6. The lowest BCUT2D eigenvalue weighted by Gasteiger charge is -2.21. The molecule has 0 bridgehead atoms. The highest BCUT2D eigenvalue weighted by atomic mass is 32.2. The maximum Gasteiger partial charge on any atom is 0.271 e. The first kappa shape index (κ1) is 21.7. The van der Waals surface area contributed by atoms with Crippen LogP contribution in [0, 0.1) is 24.4 Å². The highest BCUT2D eigenvalue weighted by Gasteiger charge is 2.28. The molecule has 0 fully saturated rings. The molecule has 2 atom stereocenters. The van der Waals surface area contributed by atoms with Crippen molar-refractivity contribution in [2.45, 2.75) is 17.1 Å². The van der Waals surface area contributed by atoms with Gasteiger partial charge in [0, 0.05) is 30.8 Å². The molecule has 0 spiro atoms. The molecule has 1 aromatic heterocycles. The largest absolute Gasteiger partial charge is 0.343 e. The van der Waals surface area contributed by atoms with E-state index in [0.29, 0.717) is 11.1 Å². The summed E-state index contributed by atoms with van der Waals surface area (Å²) in [4.78, 5) is 18.0. The molecule has 0 aliphatic carbocycles. The minimum absolute atomic E-state index is 0.116. The predicted octanol–water partition coefficient (Wildman–Crippen LogP) is 4.41. The number of nitrogens with zero attached hydrogens (tertiary/aromatic N) is 2. The van der Waals surface area contributed by atoms with Gasteiger partial charge in [0.1, 0.15) is 23.1 Å². The summed E-state index contributed by atoms with van der Waals surface area (Å²) in [5, 5.41) is -1.11. The van der Waals surface area contributed by atoms with E-state index in [4.69, 9.17) is 0 Å². The number of halogens is 3. The Kier molecular flexibility index (Phi) is 6.36. The summed E-state index contributed by atoms with van der Waals surface area (Å²) in [5.74, 6) is -2.24. The molecule has 2 aromatic carbocycles. The summed E-state index contributed by atoms with van der Waals surface area (Å²) in [5.41, 5.74) is 0.971. The van der Waals surface area contributed by atoms with Crippen molar-refractivity contribution in [3.63, 3.8) is 0 Å². The number of carbonyl (C=O) groups is 1. The molecule has 0 radical (unpaired) electrons. The highest BCUT2D eigenvalue weighted by molar-refractivity contribution is 7.85. The number of aryl methyl sites for hydroxylation is 1. The fourth-order valence-corrected chi connectivity index (χ4v) is 4.57. The van der Waals surface area contributed by atoms with Gasteiger partial charge >= 0.3 is 0 Å². The number of hydrogen-bond donors (Lipinski definition) is 0. The Morgan fingerprint density at radius 1 is 0.967 bits per heavy atom.